The van der Waals surface area contributed by atoms with Gasteiger partial charge in [-0.15, -0.1) is 0 Å². The lowest BCUT2D eigenvalue weighted by Crippen LogP contribution is -2.22. The smallest absolute Gasteiger partial charge is 0.238 e. The highest BCUT2D eigenvalue weighted by Gasteiger charge is 2.17. The molecular formula is C18H17FN4O3S2. The minimum Gasteiger partial charge on any atom is -0.333 e. The summed E-state index contributed by atoms with van der Waals surface area (Å²) in [5, 5.41) is 7.83. The summed E-state index contributed by atoms with van der Waals surface area (Å²) >= 11 is 1.23. The molecule has 3 rings (SSSR count). The molecule has 0 radical (unpaired) electrons. The van der Waals surface area contributed by atoms with E-state index in [0.29, 0.717) is 16.5 Å². The molecule has 0 aliphatic rings. The molecule has 1 heterocycles. The Morgan fingerprint density at radius 2 is 1.82 bits per heavy atom. The average molecular weight is 420 g/mol. The topological polar surface area (TPSA) is 118 Å². The lowest BCUT2D eigenvalue weighted by atomic mass is 10.2. The highest BCUT2D eigenvalue weighted by molar-refractivity contribution is 8.00. The Morgan fingerprint density at radius 1 is 1.18 bits per heavy atom. The van der Waals surface area contributed by atoms with Gasteiger partial charge in [-0.3, -0.25) is 4.79 Å². The molecule has 3 aromatic rings. The summed E-state index contributed by atoms with van der Waals surface area (Å²) in [5.41, 5.74) is 1.96. The highest BCUT2D eigenvalue weighted by atomic mass is 32.2. The molecule has 7 nitrogen and oxygen atoms in total. The van der Waals surface area contributed by atoms with Crippen LogP contribution in [0.5, 0.6) is 0 Å². The van der Waals surface area contributed by atoms with Gasteiger partial charge in [0, 0.05) is 5.69 Å². The number of nitrogens with zero attached hydrogens (tertiary/aromatic N) is 1. The maximum Gasteiger partial charge on any atom is 0.238 e. The van der Waals surface area contributed by atoms with Crippen molar-refractivity contribution in [1.82, 2.24) is 9.97 Å². The summed E-state index contributed by atoms with van der Waals surface area (Å²) in [7, 11) is -3.78. The summed E-state index contributed by atoms with van der Waals surface area (Å²) in [6.07, 6.45) is 1.62. The Kier molecular flexibility index (Phi) is 5.82. The lowest BCUT2D eigenvalue weighted by molar-refractivity contribution is -0.115. The first-order valence-electron chi connectivity index (χ1n) is 8.14. The van der Waals surface area contributed by atoms with Crippen molar-refractivity contribution in [2.75, 3.05) is 5.32 Å². The predicted octanol–water partition coefficient (Wildman–Crippen LogP) is 2.98. The van der Waals surface area contributed by atoms with Crippen LogP contribution in [0.25, 0.3) is 11.3 Å². The van der Waals surface area contributed by atoms with Gasteiger partial charge in [-0.25, -0.2) is 22.9 Å². The molecule has 0 bridgehead atoms. The lowest BCUT2D eigenvalue weighted by Gasteiger charge is -2.11. The van der Waals surface area contributed by atoms with Gasteiger partial charge in [0.25, 0.3) is 0 Å². The standard InChI is InChI=1S/C18H17FN4O3S2/c1-11(17(24)22-14-6-8-15(9-7-14)28(20,25)26)27-18-21-10-16(23-18)12-2-4-13(19)5-3-12/h2-11H,1H3,(H,21,23)(H,22,24)(H2,20,25,26). The fourth-order valence-electron chi connectivity index (χ4n) is 2.33. The van der Waals surface area contributed by atoms with Crippen LogP contribution in [0.3, 0.4) is 0 Å². The van der Waals surface area contributed by atoms with Crippen LogP contribution in [0.1, 0.15) is 6.92 Å². The number of nitrogens with two attached hydrogens (primary N) is 1. The Hall–Kier alpha value is -2.69. The largest absolute Gasteiger partial charge is 0.333 e. The number of hydrogen-bond donors (Lipinski definition) is 3. The molecule has 0 aliphatic carbocycles. The molecule has 1 unspecified atom stereocenters. The number of thioether (sulfide) groups is 1. The van der Waals surface area contributed by atoms with E-state index in [1.165, 1.54) is 48.2 Å². The Labute approximate surface area is 165 Å². The molecule has 0 aliphatic heterocycles. The molecule has 1 atom stereocenters. The molecule has 146 valence electrons. The highest BCUT2D eigenvalue weighted by Crippen LogP contribution is 2.25. The van der Waals surface area contributed by atoms with Crippen LogP contribution in [-0.4, -0.2) is 29.5 Å². The van der Waals surface area contributed by atoms with Gasteiger partial charge in [0.15, 0.2) is 5.16 Å². The van der Waals surface area contributed by atoms with Gasteiger partial charge in [-0.2, -0.15) is 0 Å². The first-order chi connectivity index (χ1) is 13.2. The van der Waals surface area contributed by atoms with E-state index >= 15 is 0 Å². The molecule has 28 heavy (non-hydrogen) atoms. The van der Waals surface area contributed by atoms with Crippen molar-refractivity contribution in [2.24, 2.45) is 5.14 Å². The summed E-state index contributed by atoms with van der Waals surface area (Å²) in [5.74, 6) is -0.590. The number of nitrogens with one attached hydrogen (secondary N) is 2. The van der Waals surface area contributed by atoms with E-state index in [9.17, 15) is 17.6 Å². The minimum atomic E-state index is -3.78. The monoisotopic (exact) mass is 420 g/mol. The SMILES string of the molecule is CC(Sc1ncc(-c2ccc(F)cc2)[nH]1)C(=O)Nc1ccc(S(N)(=O)=O)cc1. The molecule has 1 amide bonds. The summed E-state index contributed by atoms with van der Waals surface area (Å²) in [6, 6.07) is 11.6. The van der Waals surface area contributed by atoms with E-state index in [0.717, 1.165) is 5.56 Å². The number of sulfonamides is 1. The van der Waals surface area contributed by atoms with E-state index < -0.39 is 15.3 Å². The number of halogens is 1. The Morgan fingerprint density at radius 3 is 2.43 bits per heavy atom. The number of anilines is 1. The van der Waals surface area contributed by atoms with Crippen molar-refractivity contribution in [2.45, 2.75) is 22.2 Å². The third-order valence-electron chi connectivity index (χ3n) is 3.82. The van der Waals surface area contributed by atoms with Crippen molar-refractivity contribution in [1.29, 1.82) is 0 Å². The van der Waals surface area contributed by atoms with E-state index in [1.54, 1.807) is 25.3 Å². The van der Waals surface area contributed by atoms with Crippen LogP contribution in [-0.2, 0) is 14.8 Å². The van der Waals surface area contributed by atoms with Crippen LogP contribution in [0.15, 0.2) is 64.8 Å². The van der Waals surface area contributed by atoms with Gasteiger partial charge >= 0.3 is 0 Å². The number of carbonyl (C=O) groups is 1. The van der Waals surface area contributed by atoms with Crippen molar-refractivity contribution >= 4 is 33.4 Å². The normalized spacial score (nSPS) is 12.5. The van der Waals surface area contributed by atoms with Crippen LogP contribution >= 0.6 is 11.8 Å². The van der Waals surface area contributed by atoms with Gasteiger partial charge in [-0.1, -0.05) is 11.8 Å². The number of amides is 1. The number of hydrogen-bond acceptors (Lipinski definition) is 5. The fraction of sp³-hybridized carbons (Fsp3) is 0.111. The van der Waals surface area contributed by atoms with Gasteiger partial charge in [-0.05, 0) is 61.0 Å². The zero-order valence-corrected chi connectivity index (χ0v) is 16.4. The van der Waals surface area contributed by atoms with E-state index in [4.69, 9.17) is 5.14 Å². The second kappa shape index (κ2) is 8.13. The number of imidazole rings is 1. The third-order valence-corrected chi connectivity index (χ3v) is 5.74. The molecule has 4 N–H and O–H groups in total. The van der Waals surface area contributed by atoms with Gasteiger partial charge in [0.1, 0.15) is 5.82 Å². The van der Waals surface area contributed by atoms with E-state index in [-0.39, 0.29) is 16.6 Å². The summed E-state index contributed by atoms with van der Waals surface area (Å²) < 4.78 is 35.5. The average Bonchev–Trinajstić information content (AvgIpc) is 3.10. The fourth-order valence-corrected chi connectivity index (χ4v) is 3.63. The second-order valence-electron chi connectivity index (χ2n) is 5.93. The van der Waals surface area contributed by atoms with E-state index in [2.05, 4.69) is 15.3 Å². The Bertz CT molecular complexity index is 1080. The van der Waals surface area contributed by atoms with Crippen molar-refractivity contribution in [3.63, 3.8) is 0 Å². The van der Waals surface area contributed by atoms with Gasteiger partial charge < -0.3 is 10.3 Å². The first kappa shape index (κ1) is 20.1. The Balaban J connectivity index is 1.62. The number of benzene rings is 2. The van der Waals surface area contributed by atoms with Gasteiger partial charge in [0.2, 0.25) is 15.9 Å². The molecule has 0 fully saturated rings. The quantitative estimate of drug-likeness (QED) is 0.530. The molecule has 0 saturated carbocycles. The number of primary sulfonamides is 1. The molecule has 1 aromatic heterocycles. The van der Waals surface area contributed by atoms with Crippen LogP contribution in [0, 0.1) is 5.82 Å². The molecular weight excluding hydrogens is 403 g/mol. The zero-order chi connectivity index (χ0) is 20.3. The molecule has 0 spiro atoms. The zero-order valence-electron chi connectivity index (χ0n) is 14.7. The van der Waals surface area contributed by atoms with Crippen LogP contribution < -0.4 is 10.5 Å². The molecule has 0 saturated heterocycles. The van der Waals surface area contributed by atoms with Crippen molar-refractivity contribution in [3.05, 3.63) is 60.5 Å². The molecule has 2 aromatic carbocycles. The number of H-pyrrole nitrogens is 1. The number of aromatic amines is 1. The first-order valence-corrected chi connectivity index (χ1v) is 10.6. The summed E-state index contributed by atoms with van der Waals surface area (Å²) in [6.45, 7) is 1.72. The second-order valence-corrected chi connectivity index (χ2v) is 8.82. The van der Waals surface area contributed by atoms with Crippen molar-refractivity contribution in [3.8, 4) is 11.3 Å². The maximum absolute atomic E-state index is 13.0. The minimum absolute atomic E-state index is 0.0307. The van der Waals surface area contributed by atoms with Crippen LogP contribution in [0.2, 0.25) is 0 Å². The van der Waals surface area contributed by atoms with E-state index in [1.807, 2.05) is 0 Å². The van der Waals surface area contributed by atoms with Crippen LogP contribution in [0.4, 0.5) is 10.1 Å². The number of aromatic nitrogens is 2. The third kappa shape index (κ3) is 4.97. The van der Waals surface area contributed by atoms with Crippen molar-refractivity contribution < 1.29 is 17.6 Å². The van der Waals surface area contributed by atoms with Gasteiger partial charge in [0.05, 0.1) is 22.0 Å². The summed E-state index contributed by atoms with van der Waals surface area (Å²) in [4.78, 5) is 19.7. The molecule has 10 heteroatoms. The number of rotatable bonds is 6. The maximum atomic E-state index is 13.0. The predicted molar refractivity (Wildman–Crippen MR) is 106 cm³/mol. The number of carbonyl (C=O) groups excluding carboxylic acids is 1.